The SMILES string of the molecule is CC(C)(C)CC(C)(C)c1cccc(S(=O)(=O)[O-])c1Oc1c(C(C)(C)CC(C)(C)C)cccc1S(=O)(=O)[O-].[K+].[K+]. The molecule has 2 aromatic rings. The largest absolute Gasteiger partial charge is 1.00 e. The Hall–Kier alpha value is 1.33. The van der Waals surface area contributed by atoms with E-state index in [4.69, 9.17) is 4.74 Å². The van der Waals surface area contributed by atoms with E-state index < -0.39 is 40.9 Å². The van der Waals surface area contributed by atoms with Crippen molar-refractivity contribution in [2.75, 3.05) is 0 Å². The van der Waals surface area contributed by atoms with Crippen LogP contribution in [0, 0.1) is 10.8 Å². The maximum atomic E-state index is 12.3. The van der Waals surface area contributed by atoms with Gasteiger partial charge in [-0.2, -0.15) is 0 Å². The topological polar surface area (TPSA) is 124 Å². The average Bonchev–Trinajstić information content (AvgIpc) is 2.62. The number of benzene rings is 2. The van der Waals surface area contributed by atoms with Crippen LogP contribution in [0.3, 0.4) is 0 Å². The molecular weight excluding hydrogens is 591 g/mol. The minimum absolute atomic E-state index is 0. The van der Waals surface area contributed by atoms with Gasteiger partial charge in [0.25, 0.3) is 0 Å². The van der Waals surface area contributed by atoms with Gasteiger partial charge in [0.2, 0.25) is 0 Å². The number of ether oxygens (including phenoxy) is 1. The number of hydrogen-bond donors (Lipinski definition) is 0. The zero-order valence-electron chi connectivity index (χ0n) is 25.6. The molecule has 11 heteroatoms. The molecule has 2 rings (SSSR count). The Morgan fingerprint density at radius 1 is 0.590 bits per heavy atom. The molecule has 0 amide bonds. The van der Waals surface area contributed by atoms with Gasteiger partial charge in [-0.3, -0.25) is 0 Å². The molecule has 0 spiro atoms. The molecule has 0 aromatic heterocycles. The summed E-state index contributed by atoms with van der Waals surface area (Å²) >= 11 is 0. The third-order valence-corrected chi connectivity index (χ3v) is 7.82. The van der Waals surface area contributed by atoms with Crippen LogP contribution in [0.2, 0.25) is 0 Å². The fraction of sp³-hybridized carbons (Fsp3) is 0.571. The molecule has 0 aliphatic rings. The molecule has 208 valence electrons. The summed E-state index contributed by atoms with van der Waals surface area (Å²) in [6, 6.07) is 8.56. The molecule has 0 saturated heterocycles. The van der Waals surface area contributed by atoms with Crippen LogP contribution >= 0.6 is 0 Å². The van der Waals surface area contributed by atoms with Crippen LogP contribution in [-0.2, 0) is 31.1 Å². The first-order valence-electron chi connectivity index (χ1n) is 12.2. The summed E-state index contributed by atoms with van der Waals surface area (Å²) < 4.78 is 80.3. The first-order chi connectivity index (χ1) is 16.4. The Labute approximate surface area is 321 Å². The van der Waals surface area contributed by atoms with E-state index in [9.17, 15) is 25.9 Å². The Morgan fingerprint density at radius 3 is 1.10 bits per heavy atom. The van der Waals surface area contributed by atoms with Crippen molar-refractivity contribution in [3.8, 4) is 11.5 Å². The van der Waals surface area contributed by atoms with Crippen molar-refractivity contribution in [1.82, 2.24) is 0 Å². The standard InChI is InChI=1S/C28H42O7S2.2K/c1-25(2,3)17-27(7,8)19-13-11-15-21(36(29,30)31)23(19)35-24-20(28(9,10)18-26(4,5)6)14-12-16-22(24)37(32,33)34;;/h11-16H,17-18H2,1-10H3,(H,29,30,31)(H,32,33,34);;/q;2*+1/p-2. The molecule has 0 N–H and O–H groups in total. The van der Waals surface area contributed by atoms with Crippen LogP contribution in [0.25, 0.3) is 0 Å². The zero-order chi connectivity index (χ0) is 28.8. The maximum Gasteiger partial charge on any atom is 1.00 e. The predicted molar refractivity (Wildman–Crippen MR) is 143 cm³/mol. The first-order valence-corrected chi connectivity index (χ1v) is 15.0. The summed E-state index contributed by atoms with van der Waals surface area (Å²) in [6.07, 6.45) is 1.20. The van der Waals surface area contributed by atoms with E-state index in [2.05, 4.69) is 0 Å². The van der Waals surface area contributed by atoms with Crippen molar-refractivity contribution in [3.63, 3.8) is 0 Å². The van der Waals surface area contributed by atoms with Crippen molar-refractivity contribution in [2.45, 2.75) is 103 Å². The van der Waals surface area contributed by atoms with Crippen LogP contribution in [0.4, 0.5) is 0 Å². The van der Waals surface area contributed by atoms with Crippen molar-refractivity contribution in [1.29, 1.82) is 0 Å². The van der Waals surface area contributed by atoms with Crippen LogP contribution in [0.1, 0.15) is 93.2 Å². The van der Waals surface area contributed by atoms with Gasteiger partial charge in [0, 0.05) is 11.1 Å². The van der Waals surface area contributed by atoms with Gasteiger partial charge in [-0.25, -0.2) is 16.8 Å². The van der Waals surface area contributed by atoms with E-state index in [0.29, 0.717) is 24.0 Å². The molecule has 0 bridgehead atoms. The molecule has 0 radical (unpaired) electrons. The van der Waals surface area contributed by atoms with Gasteiger partial charge in [-0.1, -0.05) is 93.5 Å². The summed E-state index contributed by atoms with van der Waals surface area (Å²) in [6.45, 7) is 19.8. The van der Waals surface area contributed by atoms with Gasteiger partial charge in [-0.15, -0.1) is 0 Å². The van der Waals surface area contributed by atoms with E-state index in [1.54, 1.807) is 12.1 Å². The summed E-state index contributed by atoms with van der Waals surface area (Å²) in [5, 5.41) is 0. The van der Waals surface area contributed by atoms with Gasteiger partial charge >= 0.3 is 103 Å². The summed E-state index contributed by atoms with van der Waals surface area (Å²) in [5.41, 5.74) is -0.803. The molecule has 0 heterocycles. The molecule has 0 saturated carbocycles. The molecule has 0 aliphatic heterocycles. The summed E-state index contributed by atoms with van der Waals surface area (Å²) in [7, 11) is -10.0. The second-order valence-electron chi connectivity index (χ2n) is 13.5. The average molecular weight is 631 g/mol. The Kier molecular flexibility index (Phi) is 14.4. The molecule has 0 atom stereocenters. The van der Waals surface area contributed by atoms with Crippen molar-refractivity contribution in [3.05, 3.63) is 47.5 Å². The quantitative estimate of drug-likeness (QED) is 0.311. The molecule has 0 fully saturated rings. The normalized spacial score (nSPS) is 13.3. The zero-order valence-corrected chi connectivity index (χ0v) is 33.4. The molecule has 0 aliphatic carbocycles. The van der Waals surface area contributed by atoms with Gasteiger partial charge < -0.3 is 13.8 Å². The van der Waals surface area contributed by atoms with Gasteiger partial charge in [0.15, 0.2) is 0 Å². The Bertz CT molecular complexity index is 1260. The molecule has 7 nitrogen and oxygen atoms in total. The number of para-hydroxylation sites is 2. The number of rotatable bonds is 8. The Morgan fingerprint density at radius 2 is 0.872 bits per heavy atom. The Balaban J connectivity index is 0.00000722. The van der Waals surface area contributed by atoms with E-state index >= 15 is 0 Å². The van der Waals surface area contributed by atoms with Gasteiger partial charge in [-0.05, 0) is 46.6 Å². The van der Waals surface area contributed by atoms with Crippen molar-refractivity contribution < 1.29 is 133 Å². The fourth-order valence-corrected chi connectivity index (χ4v) is 6.89. The minimum Gasteiger partial charge on any atom is -0.744 e. The van der Waals surface area contributed by atoms with Crippen molar-refractivity contribution in [2.24, 2.45) is 10.8 Å². The fourth-order valence-electron chi connectivity index (χ4n) is 5.65. The molecular formula is C28H40K2O7S2. The van der Waals surface area contributed by atoms with E-state index in [1.807, 2.05) is 69.2 Å². The van der Waals surface area contributed by atoms with E-state index in [1.165, 1.54) is 12.1 Å². The summed E-state index contributed by atoms with van der Waals surface area (Å²) in [4.78, 5) is -1.21. The van der Waals surface area contributed by atoms with Crippen LogP contribution < -0.4 is 108 Å². The maximum absolute atomic E-state index is 12.3. The predicted octanol–water partition coefficient (Wildman–Crippen LogP) is 0.723. The molecule has 0 unspecified atom stereocenters. The van der Waals surface area contributed by atoms with Crippen molar-refractivity contribution >= 4 is 20.2 Å². The first kappa shape index (κ1) is 40.3. The second kappa shape index (κ2) is 14.0. The smallest absolute Gasteiger partial charge is 0.744 e. The monoisotopic (exact) mass is 630 g/mol. The van der Waals surface area contributed by atoms with Gasteiger partial charge in [0.1, 0.15) is 31.7 Å². The molecule has 39 heavy (non-hydrogen) atoms. The van der Waals surface area contributed by atoms with Gasteiger partial charge in [0.05, 0.1) is 9.79 Å². The van der Waals surface area contributed by atoms with E-state index in [0.717, 1.165) is 12.1 Å². The van der Waals surface area contributed by atoms with E-state index in [-0.39, 0.29) is 125 Å². The third-order valence-electron chi connectivity index (χ3n) is 6.10. The third kappa shape index (κ3) is 11.4. The minimum atomic E-state index is -5.01. The summed E-state index contributed by atoms with van der Waals surface area (Å²) in [5.74, 6) is -0.508. The van der Waals surface area contributed by atoms with Crippen LogP contribution in [-0.4, -0.2) is 25.9 Å². The number of hydrogen-bond acceptors (Lipinski definition) is 7. The molecule has 2 aromatic carbocycles. The van der Waals surface area contributed by atoms with Crippen LogP contribution in [0.5, 0.6) is 11.5 Å². The second-order valence-corrected chi connectivity index (χ2v) is 16.2. The van der Waals surface area contributed by atoms with Crippen LogP contribution in [0.15, 0.2) is 46.2 Å².